The van der Waals surface area contributed by atoms with E-state index < -0.39 is 15.6 Å². The lowest BCUT2D eigenvalue weighted by Gasteiger charge is -2.20. The van der Waals surface area contributed by atoms with Crippen molar-refractivity contribution in [2.75, 3.05) is 11.9 Å². The number of pyridine rings is 1. The van der Waals surface area contributed by atoms with Gasteiger partial charge in [0.1, 0.15) is 22.8 Å². The van der Waals surface area contributed by atoms with E-state index in [2.05, 4.69) is 9.71 Å². The largest absolute Gasteiger partial charge is 0.506 e. The second-order valence-corrected chi connectivity index (χ2v) is 7.78. The van der Waals surface area contributed by atoms with Crippen LogP contribution < -0.4 is 15.7 Å². The van der Waals surface area contributed by atoms with Crippen molar-refractivity contribution in [3.63, 3.8) is 0 Å². The molecule has 0 atom stereocenters. The van der Waals surface area contributed by atoms with Crippen LogP contribution >= 0.6 is 0 Å². The maximum absolute atomic E-state index is 13.1. The Labute approximate surface area is 160 Å². The zero-order chi connectivity index (χ0) is 19.9. The predicted octanol–water partition coefficient (Wildman–Crippen LogP) is 2.11. The number of para-hydroxylation sites is 2. The van der Waals surface area contributed by atoms with Gasteiger partial charge in [-0.15, -0.1) is 9.13 Å². The van der Waals surface area contributed by atoms with Crippen LogP contribution in [0.1, 0.15) is 18.9 Å². The minimum atomic E-state index is -4.03. The van der Waals surface area contributed by atoms with Crippen molar-refractivity contribution in [2.45, 2.75) is 18.2 Å². The van der Waals surface area contributed by atoms with E-state index in [-0.39, 0.29) is 34.3 Å². The van der Waals surface area contributed by atoms with Crippen LogP contribution in [-0.2, 0) is 10.0 Å². The summed E-state index contributed by atoms with van der Waals surface area (Å²) in [5.74, 6) is -0.612. The number of nitrogens with zero attached hydrogens (tertiary/aromatic N) is 2. The Morgan fingerprint density at radius 3 is 2.64 bits per heavy atom. The highest BCUT2D eigenvalue weighted by Gasteiger charge is 2.29. The lowest BCUT2D eigenvalue weighted by atomic mass is 10.1. The molecule has 1 aliphatic heterocycles. The number of hydrogen-bond acceptors (Lipinski definition) is 6. The molecule has 0 saturated carbocycles. The second kappa shape index (κ2) is 6.68. The maximum Gasteiger partial charge on any atom is 0.298 e. The van der Waals surface area contributed by atoms with Crippen LogP contribution in [0.2, 0.25) is 0 Å². The van der Waals surface area contributed by atoms with Gasteiger partial charge in [0.25, 0.3) is 15.6 Å². The van der Waals surface area contributed by atoms with Gasteiger partial charge >= 0.3 is 0 Å². The summed E-state index contributed by atoms with van der Waals surface area (Å²) in [6, 6.07) is 12.9. The van der Waals surface area contributed by atoms with E-state index in [1.165, 1.54) is 6.07 Å². The van der Waals surface area contributed by atoms with E-state index >= 15 is 0 Å². The first kappa shape index (κ1) is 18.1. The van der Waals surface area contributed by atoms with Gasteiger partial charge in [-0.2, -0.15) is 8.42 Å². The Balaban J connectivity index is 2.00. The van der Waals surface area contributed by atoms with Crippen molar-refractivity contribution in [3.8, 4) is 5.75 Å². The average Bonchev–Trinajstić information content (AvgIpc) is 2.68. The third kappa shape index (κ3) is 2.80. The molecule has 9 heteroatoms. The number of anilines is 1. The molecule has 0 radical (unpaired) electrons. The number of aromatic nitrogens is 1. The van der Waals surface area contributed by atoms with Gasteiger partial charge in [0.05, 0.1) is 11.2 Å². The Bertz CT molecular complexity index is 1280. The number of rotatable bonds is 4. The van der Waals surface area contributed by atoms with Gasteiger partial charge in [-0.05, 0) is 30.7 Å². The summed E-state index contributed by atoms with van der Waals surface area (Å²) in [5, 5.41) is 13.9. The van der Waals surface area contributed by atoms with Gasteiger partial charge in [0, 0.05) is 5.39 Å². The topological polar surface area (TPSA) is 110 Å². The molecule has 0 bridgehead atoms. The summed E-state index contributed by atoms with van der Waals surface area (Å²) in [6.45, 7) is 2.17. The molecule has 0 amide bonds. The van der Waals surface area contributed by atoms with Crippen LogP contribution in [-0.4, -0.2) is 30.7 Å². The minimum Gasteiger partial charge on any atom is -0.506 e. The molecule has 8 nitrogen and oxygen atoms in total. The number of aromatic hydroxyl groups is 1. The summed E-state index contributed by atoms with van der Waals surface area (Å²) in [5.41, 5.74) is -0.319. The van der Waals surface area contributed by atoms with Crippen molar-refractivity contribution < 1.29 is 18.4 Å². The fourth-order valence-electron chi connectivity index (χ4n) is 3.04. The van der Waals surface area contributed by atoms with Crippen molar-refractivity contribution in [1.82, 2.24) is 4.73 Å². The van der Waals surface area contributed by atoms with Gasteiger partial charge < -0.3 is 15.3 Å². The van der Waals surface area contributed by atoms with Crippen LogP contribution in [0.15, 0.2) is 62.6 Å². The maximum atomic E-state index is 13.1. The molecule has 1 aliphatic rings. The first-order valence-electron chi connectivity index (χ1n) is 8.65. The van der Waals surface area contributed by atoms with E-state index in [0.29, 0.717) is 17.3 Å². The third-order valence-electron chi connectivity index (χ3n) is 4.30. The van der Waals surface area contributed by atoms with Gasteiger partial charge in [0.15, 0.2) is 5.84 Å². The van der Waals surface area contributed by atoms with E-state index in [1.807, 2.05) is 6.92 Å². The highest BCUT2D eigenvalue weighted by Crippen LogP contribution is 2.31. The van der Waals surface area contributed by atoms with Gasteiger partial charge in [-0.1, -0.05) is 31.2 Å². The Hall–Kier alpha value is -3.33. The van der Waals surface area contributed by atoms with E-state index in [9.17, 15) is 18.3 Å². The summed E-state index contributed by atoms with van der Waals surface area (Å²) in [4.78, 5) is 18.7. The summed E-state index contributed by atoms with van der Waals surface area (Å²) >= 11 is 0. The lowest BCUT2D eigenvalue weighted by molar-refractivity contribution is 0.112. The first-order chi connectivity index (χ1) is 13.4. The van der Waals surface area contributed by atoms with Crippen molar-refractivity contribution in [1.29, 1.82) is 0 Å². The standard InChI is InChI=1S/C19H17N3O5S/c1-2-11-27-22-14-9-5-3-7-12(14)17(23)16(19(22)24)18-20-13-8-4-6-10-15(13)28(25,26)21-18/h3-10,23H,2,11H2,1H3,(H,20,21). The molecule has 0 saturated heterocycles. The fourth-order valence-corrected chi connectivity index (χ4v) is 4.17. The number of hydrogen-bond donors (Lipinski definition) is 2. The molecule has 2 aromatic carbocycles. The van der Waals surface area contributed by atoms with Crippen molar-refractivity contribution >= 4 is 32.4 Å². The highest BCUT2D eigenvalue weighted by molar-refractivity contribution is 7.90. The fraction of sp³-hybridized carbons (Fsp3) is 0.158. The summed E-state index contributed by atoms with van der Waals surface area (Å²) < 4.78 is 29.9. The Morgan fingerprint density at radius 1 is 1.14 bits per heavy atom. The molecule has 2 heterocycles. The zero-order valence-electron chi connectivity index (χ0n) is 14.9. The monoisotopic (exact) mass is 399 g/mol. The lowest BCUT2D eigenvalue weighted by Crippen LogP contribution is -2.35. The molecule has 3 aromatic rings. The predicted molar refractivity (Wildman–Crippen MR) is 105 cm³/mol. The number of amidine groups is 1. The first-order valence-corrected chi connectivity index (χ1v) is 10.1. The van der Waals surface area contributed by atoms with E-state index in [0.717, 1.165) is 4.73 Å². The summed E-state index contributed by atoms with van der Waals surface area (Å²) in [6.07, 6.45) is 0.665. The third-order valence-corrected chi connectivity index (χ3v) is 5.64. The Kier molecular flexibility index (Phi) is 4.31. The molecule has 0 unspecified atom stereocenters. The number of benzene rings is 2. The van der Waals surface area contributed by atoms with Crippen LogP contribution in [0.4, 0.5) is 5.69 Å². The molecular formula is C19H17N3O5S. The van der Waals surface area contributed by atoms with Gasteiger partial charge in [0.2, 0.25) is 0 Å². The molecule has 1 aromatic heterocycles. The Morgan fingerprint density at radius 2 is 1.86 bits per heavy atom. The van der Waals surface area contributed by atoms with Gasteiger partial charge in [-0.3, -0.25) is 4.79 Å². The van der Waals surface area contributed by atoms with Crippen molar-refractivity contribution in [3.05, 3.63) is 64.4 Å². The summed E-state index contributed by atoms with van der Waals surface area (Å²) in [7, 11) is -4.03. The van der Waals surface area contributed by atoms with E-state index in [1.54, 1.807) is 42.5 Å². The van der Waals surface area contributed by atoms with Crippen LogP contribution in [0.5, 0.6) is 5.75 Å². The normalized spacial score (nSPS) is 14.8. The molecule has 0 fully saturated rings. The van der Waals surface area contributed by atoms with Crippen LogP contribution in [0.25, 0.3) is 10.9 Å². The average molecular weight is 399 g/mol. The van der Waals surface area contributed by atoms with Crippen molar-refractivity contribution in [2.24, 2.45) is 4.40 Å². The molecule has 2 N–H and O–H groups in total. The van der Waals surface area contributed by atoms with Crippen LogP contribution in [0, 0.1) is 0 Å². The molecule has 0 spiro atoms. The molecule has 28 heavy (non-hydrogen) atoms. The zero-order valence-corrected chi connectivity index (χ0v) is 15.7. The second-order valence-electron chi connectivity index (χ2n) is 6.21. The number of nitrogens with one attached hydrogen (secondary N) is 1. The smallest absolute Gasteiger partial charge is 0.298 e. The van der Waals surface area contributed by atoms with Crippen LogP contribution in [0.3, 0.4) is 0 Å². The van der Waals surface area contributed by atoms with E-state index in [4.69, 9.17) is 4.84 Å². The molecule has 0 aliphatic carbocycles. The number of fused-ring (bicyclic) bond motifs is 2. The number of sulfonamides is 1. The molecular weight excluding hydrogens is 382 g/mol. The molecule has 144 valence electrons. The highest BCUT2D eigenvalue weighted by atomic mass is 32.2. The molecule has 4 rings (SSSR count). The van der Waals surface area contributed by atoms with Gasteiger partial charge in [-0.25, -0.2) is 0 Å². The quantitative estimate of drug-likeness (QED) is 0.695. The SMILES string of the molecule is CCCOn1c(=O)c(C2=NS(=O)(=O)c3ccccc3N2)c(O)c2ccccc21. The minimum absolute atomic E-state index is 0.00147.